The first-order valence-corrected chi connectivity index (χ1v) is 27.6. The lowest BCUT2D eigenvalue weighted by Crippen LogP contribution is -2.56. The summed E-state index contributed by atoms with van der Waals surface area (Å²) >= 11 is 12.3. The molecule has 8 heterocycles. The molecule has 0 spiro atoms. The van der Waals surface area contributed by atoms with E-state index in [2.05, 4.69) is 14.9 Å². The maximum Gasteiger partial charge on any atom is 0.391 e. The molecular formula is C49H55BCl2N10O9S2. The third kappa shape index (κ3) is 12.1. The molecule has 384 valence electrons. The minimum absolute atomic E-state index is 0.158. The highest BCUT2D eigenvalue weighted by atomic mass is 35.5. The van der Waals surface area contributed by atoms with E-state index in [0.717, 1.165) is 26.5 Å². The van der Waals surface area contributed by atoms with Crippen molar-refractivity contribution in [1.82, 2.24) is 37.1 Å². The summed E-state index contributed by atoms with van der Waals surface area (Å²) in [5.74, 6) is 0.350. The quantitative estimate of drug-likeness (QED) is 0.242. The fourth-order valence-corrected chi connectivity index (χ4v) is 12.4. The molecule has 6 aromatic rings. The van der Waals surface area contributed by atoms with Gasteiger partial charge in [0.15, 0.2) is 0 Å². The average molecular weight is 1070 g/mol. The molecule has 0 saturated carbocycles. The number of nitrogens with zero attached hydrogens (tertiary/aromatic N) is 9. The number of rotatable bonds is 3. The van der Waals surface area contributed by atoms with Crippen LogP contribution >= 0.6 is 23.2 Å². The van der Waals surface area contributed by atoms with Gasteiger partial charge in [-0.2, -0.15) is 49.2 Å². The number of halogens is 2. The van der Waals surface area contributed by atoms with Crippen LogP contribution in [0, 0.1) is 0 Å². The Balaban J connectivity index is 0.000000180. The molecule has 0 aliphatic carbocycles. The molecule has 4 aromatic carbocycles. The maximum absolute atomic E-state index is 13.6. The van der Waals surface area contributed by atoms with Gasteiger partial charge in [-0.1, -0.05) is 83.9 Å². The molecule has 19 nitrogen and oxygen atoms in total. The van der Waals surface area contributed by atoms with Crippen LogP contribution < -0.4 is 35.1 Å². The summed E-state index contributed by atoms with van der Waals surface area (Å²) in [6, 6.07) is 29.5. The molecule has 0 atom stereocenters. The van der Waals surface area contributed by atoms with Crippen molar-refractivity contribution < 1.29 is 31.3 Å². The zero-order valence-corrected chi connectivity index (χ0v) is 43.2. The van der Waals surface area contributed by atoms with Gasteiger partial charge in [0.2, 0.25) is 11.5 Å². The number of ether oxygens (including phenoxy) is 2. The first-order valence-electron chi connectivity index (χ1n) is 24.0. The van der Waals surface area contributed by atoms with Gasteiger partial charge in [-0.05, 0) is 78.3 Å². The lowest BCUT2D eigenvalue weighted by Gasteiger charge is -2.38. The third-order valence-corrected chi connectivity index (χ3v) is 17.2. The molecule has 24 heteroatoms. The van der Waals surface area contributed by atoms with Gasteiger partial charge in [-0.25, -0.2) is 4.72 Å². The molecule has 73 heavy (non-hydrogen) atoms. The standard InChI is InChI=1S/C25H29BClN5O5S.C24H26ClN5O4S/c1-26(34)31-10-8-19-4-2-5-20(16-19)9-15-37-24-23(29-11-13-30(14-12-29)38(31,35)36)18-28-32(25(24)33)22-7-3-6-21(27)17-22;25-20-5-2-6-21(16-20)30-24(31)23-22(17-26-30)28-10-12-29(13-11-28)35(32,33)27-9-7-18-3-1-4-19(15-18)8-14-34-23/h2-7,16-18,34H,8-15H2,1H3;1-6,15-17,27H,7-14H2. The molecular weight excluding hydrogens is 1020 g/mol. The van der Waals surface area contributed by atoms with E-state index >= 15 is 0 Å². The van der Waals surface area contributed by atoms with Crippen molar-refractivity contribution in [1.29, 1.82) is 0 Å². The van der Waals surface area contributed by atoms with Gasteiger partial charge in [0.25, 0.3) is 20.4 Å². The number of piperazine rings is 2. The van der Waals surface area contributed by atoms with Crippen LogP contribution in [0.4, 0.5) is 11.4 Å². The van der Waals surface area contributed by atoms with E-state index in [4.69, 9.17) is 32.7 Å². The summed E-state index contributed by atoms with van der Waals surface area (Å²) in [5, 5.41) is 20.1. The number of anilines is 2. The summed E-state index contributed by atoms with van der Waals surface area (Å²) in [6.45, 7) is 5.03. The van der Waals surface area contributed by atoms with Crippen LogP contribution in [0.3, 0.4) is 0 Å². The van der Waals surface area contributed by atoms with Crippen molar-refractivity contribution >= 4 is 62.0 Å². The van der Waals surface area contributed by atoms with Gasteiger partial charge in [0.1, 0.15) is 11.4 Å². The number of hydrogen-bond acceptors (Lipinski definition) is 13. The normalized spacial score (nSPS) is 18.6. The predicted octanol–water partition coefficient (Wildman–Crippen LogP) is 3.86. The van der Waals surface area contributed by atoms with Gasteiger partial charge >= 0.3 is 18.2 Å². The van der Waals surface area contributed by atoms with Crippen molar-refractivity contribution in [3.63, 3.8) is 0 Å². The van der Waals surface area contributed by atoms with Crippen LogP contribution in [0.15, 0.2) is 119 Å². The van der Waals surface area contributed by atoms with Crippen LogP contribution in [-0.2, 0) is 46.1 Å². The highest BCUT2D eigenvalue weighted by Gasteiger charge is 2.37. The summed E-state index contributed by atoms with van der Waals surface area (Å²) in [4.78, 5) is 31.0. The van der Waals surface area contributed by atoms with E-state index in [-0.39, 0.29) is 37.7 Å². The van der Waals surface area contributed by atoms with E-state index in [1.807, 2.05) is 58.3 Å². The summed E-state index contributed by atoms with van der Waals surface area (Å²) < 4.78 is 73.9. The van der Waals surface area contributed by atoms with Gasteiger partial charge in [0, 0.05) is 88.3 Å². The second-order valence-electron chi connectivity index (χ2n) is 17.9. The second-order valence-corrected chi connectivity index (χ2v) is 22.4. The Morgan fingerprint density at radius 1 is 0.575 bits per heavy atom. The minimum atomic E-state index is -3.90. The number of fused-ring (bicyclic) bond motifs is 14. The fraction of sp³-hybridized carbons (Fsp3) is 0.347. The highest BCUT2D eigenvalue weighted by Crippen LogP contribution is 2.29. The van der Waals surface area contributed by atoms with E-state index in [1.165, 1.54) is 24.8 Å². The molecule has 0 unspecified atom stereocenters. The molecule has 8 bridgehead atoms. The van der Waals surface area contributed by atoms with E-state index < -0.39 is 38.6 Å². The van der Waals surface area contributed by atoms with Crippen LogP contribution in [0.25, 0.3) is 11.4 Å². The minimum Gasteiger partial charge on any atom is -0.486 e. The van der Waals surface area contributed by atoms with Gasteiger partial charge < -0.3 is 24.3 Å². The smallest absolute Gasteiger partial charge is 0.391 e. The van der Waals surface area contributed by atoms with Crippen molar-refractivity contribution in [3.05, 3.63) is 162 Å². The molecule has 6 aliphatic rings. The lowest BCUT2D eigenvalue weighted by molar-refractivity contribution is 0.311. The Hall–Kier alpha value is -5.82. The van der Waals surface area contributed by atoms with Gasteiger partial charge in [-0.15, -0.1) is 0 Å². The van der Waals surface area contributed by atoms with Crippen LogP contribution in [0.1, 0.15) is 22.3 Å². The van der Waals surface area contributed by atoms with E-state index in [9.17, 15) is 31.4 Å². The van der Waals surface area contributed by atoms with Crippen molar-refractivity contribution in [2.24, 2.45) is 0 Å². The number of hydrogen-bond donors (Lipinski definition) is 2. The fourth-order valence-electron chi connectivity index (χ4n) is 9.21. The maximum atomic E-state index is 13.6. The Kier molecular flexibility index (Phi) is 16.2. The van der Waals surface area contributed by atoms with Crippen molar-refractivity contribution in [3.8, 4) is 22.9 Å². The molecule has 0 radical (unpaired) electrons. The Morgan fingerprint density at radius 2 is 1.01 bits per heavy atom. The number of aromatic nitrogens is 4. The van der Waals surface area contributed by atoms with Crippen LogP contribution in [-0.4, -0.2) is 140 Å². The molecule has 6 aliphatic heterocycles. The number of benzene rings is 4. The molecule has 0 amide bonds. The lowest BCUT2D eigenvalue weighted by atomic mass is 9.88. The monoisotopic (exact) mass is 1070 g/mol. The summed E-state index contributed by atoms with van der Waals surface area (Å²) in [6.07, 6.45) is 5.38. The molecule has 12 rings (SSSR count). The largest absolute Gasteiger partial charge is 0.486 e. The number of nitrogens with one attached hydrogen (secondary N) is 1. The zero-order valence-electron chi connectivity index (χ0n) is 40.1. The molecule has 2 N–H and O–H groups in total. The summed E-state index contributed by atoms with van der Waals surface area (Å²) in [7, 11) is -8.66. The third-order valence-electron chi connectivity index (χ3n) is 13.0. The van der Waals surface area contributed by atoms with Gasteiger partial charge in [0.05, 0.1) is 37.0 Å². The highest BCUT2D eigenvalue weighted by molar-refractivity contribution is 7.88. The van der Waals surface area contributed by atoms with Crippen molar-refractivity contribution in [2.45, 2.75) is 32.5 Å². The van der Waals surface area contributed by atoms with Crippen LogP contribution in [0.5, 0.6) is 11.5 Å². The Labute approximate surface area is 434 Å². The van der Waals surface area contributed by atoms with E-state index in [0.29, 0.717) is 111 Å². The van der Waals surface area contributed by atoms with Crippen LogP contribution in [0.2, 0.25) is 16.9 Å². The van der Waals surface area contributed by atoms with Gasteiger partial charge in [-0.3, -0.25) is 9.59 Å². The molecule has 2 saturated heterocycles. The second kappa shape index (κ2) is 22.7. The topological polar surface area (TPSA) is 205 Å². The average Bonchev–Trinajstić information content (AvgIpc) is 3.37. The first-order chi connectivity index (χ1) is 35.1. The zero-order chi connectivity index (χ0) is 51.3. The predicted molar refractivity (Wildman–Crippen MR) is 282 cm³/mol. The van der Waals surface area contributed by atoms with E-state index in [1.54, 1.807) is 60.9 Å². The Morgan fingerprint density at radius 3 is 1.48 bits per heavy atom. The van der Waals surface area contributed by atoms with Crippen molar-refractivity contribution in [2.75, 3.05) is 88.5 Å². The molecule has 2 fully saturated rings. The first kappa shape index (κ1) is 52.1. The Bertz CT molecular complexity index is 3300. The molecule has 2 aromatic heterocycles. The summed E-state index contributed by atoms with van der Waals surface area (Å²) in [5.41, 5.74) is 5.34. The SMILES string of the molecule is CB(O)N1CCc2cccc(c2)CCOc2c(cnn(-c3cccc(Cl)c3)c2=O)N2CCN(CC2)S1(=O)=O.O=c1c2c(cnn1-c1cccc(Cl)c1)N1CCN(CC1)S(=O)(=O)NCCc1cccc(c1)CCO2.